The number of nitrogens with one attached hydrogen (secondary N) is 1. The number of carbonyl (C=O) groups is 1. The molecule has 2 aliphatic rings. The van der Waals surface area contributed by atoms with Crippen molar-refractivity contribution >= 4 is 34.8 Å². The van der Waals surface area contributed by atoms with Gasteiger partial charge in [-0.2, -0.15) is 5.26 Å². The molecule has 0 spiro atoms. The SMILES string of the molecule is CC1(C)CC2CC(C)(CN2/C=C(/C#N)C(=O)Nc2ccc(Cl)c(Cl)c2)C1. The molecule has 1 saturated heterocycles. The maximum atomic E-state index is 12.5. The van der Waals surface area contributed by atoms with Crippen LogP contribution in [0.4, 0.5) is 5.69 Å². The molecule has 4 nitrogen and oxygen atoms in total. The van der Waals surface area contributed by atoms with E-state index in [1.807, 2.05) is 6.07 Å². The van der Waals surface area contributed by atoms with E-state index in [1.165, 1.54) is 0 Å². The highest BCUT2D eigenvalue weighted by atomic mass is 35.5. The van der Waals surface area contributed by atoms with E-state index >= 15 is 0 Å². The molecule has 1 aromatic carbocycles. The molecule has 1 heterocycles. The van der Waals surface area contributed by atoms with Gasteiger partial charge < -0.3 is 10.2 Å². The number of carbonyl (C=O) groups excluding carboxylic acids is 1. The molecule has 2 fully saturated rings. The van der Waals surface area contributed by atoms with Gasteiger partial charge in [-0.15, -0.1) is 0 Å². The van der Waals surface area contributed by atoms with Crippen molar-refractivity contribution in [2.75, 3.05) is 11.9 Å². The molecule has 1 aliphatic carbocycles. The standard InChI is InChI=1S/C20H23Cl2N3O/c1-19(2)7-15-8-20(3,11-19)12-25(15)10-13(9-23)18(26)24-14-4-5-16(21)17(22)6-14/h4-6,10,15H,7-8,11-12H2,1-3H3,(H,24,26)/b13-10-. The van der Waals surface area contributed by atoms with Crippen molar-refractivity contribution in [2.24, 2.45) is 10.8 Å². The fourth-order valence-corrected chi connectivity index (χ4v) is 5.03. The molecule has 1 N–H and O–H groups in total. The van der Waals surface area contributed by atoms with Gasteiger partial charge in [0.15, 0.2) is 0 Å². The third-order valence-corrected chi connectivity index (χ3v) is 6.03. The molecule has 2 atom stereocenters. The summed E-state index contributed by atoms with van der Waals surface area (Å²) in [6.45, 7) is 7.78. The van der Waals surface area contributed by atoms with Gasteiger partial charge in [0.05, 0.1) is 10.0 Å². The molecular formula is C20H23Cl2N3O. The number of rotatable bonds is 3. The third kappa shape index (κ3) is 4.00. The van der Waals surface area contributed by atoms with Gasteiger partial charge in [-0.1, -0.05) is 44.0 Å². The molecule has 26 heavy (non-hydrogen) atoms. The van der Waals surface area contributed by atoms with Gasteiger partial charge in [-0.25, -0.2) is 0 Å². The van der Waals surface area contributed by atoms with Crippen LogP contribution < -0.4 is 5.32 Å². The van der Waals surface area contributed by atoms with E-state index in [0.29, 0.717) is 21.8 Å². The Bertz CT molecular complexity index is 812. The molecule has 2 unspecified atom stereocenters. The quantitative estimate of drug-likeness (QED) is 0.565. The van der Waals surface area contributed by atoms with E-state index in [4.69, 9.17) is 23.2 Å². The first-order valence-corrected chi connectivity index (χ1v) is 9.51. The van der Waals surface area contributed by atoms with E-state index in [0.717, 1.165) is 25.8 Å². The van der Waals surface area contributed by atoms with Crippen LogP contribution in [0, 0.1) is 22.2 Å². The largest absolute Gasteiger partial charge is 0.373 e. The Morgan fingerprint density at radius 2 is 2.04 bits per heavy atom. The van der Waals surface area contributed by atoms with Gasteiger partial charge in [0.1, 0.15) is 11.6 Å². The Morgan fingerprint density at radius 1 is 1.31 bits per heavy atom. The molecule has 1 aromatic rings. The lowest BCUT2D eigenvalue weighted by atomic mass is 9.65. The fraction of sp³-hybridized carbons (Fsp3) is 0.500. The van der Waals surface area contributed by atoms with Gasteiger partial charge in [0.25, 0.3) is 5.91 Å². The lowest BCUT2D eigenvalue weighted by molar-refractivity contribution is -0.112. The summed E-state index contributed by atoms with van der Waals surface area (Å²) in [5, 5.41) is 13.0. The second-order valence-electron chi connectivity index (χ2n) is 8.62. The maximum Gasteiger partial charge on any atom is 0.267 e. The average molecular weight is 392 g/mol. The van der Waals surface area contributed by atoms with E-state index in [-0.39, 0.29) is 16.4 Å². The first kappa shape index (κ1) is 19.1. The molecule has 1 amide bonds. The zero-order valence-corrected chi connectivity index (χ0v) is 16.8. The molecule has 0 radical (unpaired) electrons. The Hall–Kier alpha value is -1.70. The van der Waals surface area contributed by atoms with Crippen molar-refractivity contribution in [3.63, 3.8) is 0 Å². The van der Waals surface area contributed by atoms with Crippen molar-refractivity contribution < 1.29 is 4.79 Å². The fourth-order valence-electron chi connectivity index (χ4n) is 4.73. The van der Waals surface area contributed by atoms with E-state index in [2.05, 4.69) is 31.0 Å². The predicted octanol–water partition coefficient (Wildman–Crippen LogP) is 5.24. The lowest BCUT2D eigenvalue weighted by Gasteiger charge is -2.39. The maximum absolute atomic E-state index is 12.5. The number of amides is 1. The average Bonchev–Trinajstić information content (AvgIpc) is 2.76. The second-order valence-corrected chi connectivity index (χ2v) is 9.44. The lowest BCUT2D eigenvalue weighted by Crippen LogP contribution is -2.33. The molecule has 1 saturated carbocycles. The Balaban J connectivity index is 1.77. The number of halogens is 2. The summed E-state index contributed by atoms with van der Waals surface area (Å²) in [6.07, 6.45) is 5.08. The van der Waals surface area contributed by atoms with Crippen molar-refractivity contribution in [3.05, 3.63) is 40.0 Å². The van der Waals surface area contributed by atoms with Crippen LogP contribution in [0.5, 0.6) is 0 Å². The van der Waals surface area contributed by atoms with Crippen LogP contribution in [0.2, 0.25) is 10.0 Å². The normalized spacial score (nSPS) is 27.2. The van der Waals surface area contributed by atoms with Crippen LogP contribution in [0.1, 0.15) is 40.0 Å². The van der Waals surface area contributed by atoms with Crippen molar-refractivity contribution in [1.82, 2.24) is 4.90 Å². The zero-order valence-electron chi connectivity index (χ0n) is 15.3. The highest BCUT2D eigenvalue weighted by Gasteiger charge is 2.48. The van der Waals surface area contributed by atoms with Crippen LogP contribution in [0.3, 0.4) is 0 Å². The van der Waals surface area contributed by atoms with Crippen molar-refractivity contribution in [2.45, 2.75) is 46.1 Å². The number of hydrogen-bond acceptors (Lipinski definition) is 3. The molecule has 0 aromatic heterocycles. The highest BCUT2D eigenvalue weighted by molar-refractivity contribution is 6.42. The predicted molar refractivity (Wildman–Crippen MR) is 105 cm³/mol. The van der Waals surface area contributed by atoms with Crippen LogP contribution in [-0.2, 0) is 4.79 Å². The smallest absolute Gasteiger partial charge is 0.267 e. The summed E-state index contributed by atoms with van der Waals surface area (Å²) in [7, 11) is 0. The molecule has 2 bridgehead atoms. The summed E-state index contributed by atoms with van der Waals surface area (Å²) < 4.78 is 0. The number of hydrogen-bond donors (Lipinski definition) is 1. The highest BCUT2D eigenvalue weighted by Crippen LogP contribution is 2.52. The van der Waals surface area contributed by atoms with Gasteiger partial charge in [0, 0.05) is 24.5 Å². The van der Waals surface area contributed by atoms with E-state index < -0.39 is 5.91 Å². The number of benzene rings is 1. The number of nitrogens with zero attached hydrogens (tertiary/aromatic N) is 2. The minimum Gasteiger partial charge on any atom is -0.373 e. The first-order valence-electron chi connectivity index (χ1n) is 8.75. The summed E-state index contributed by atoms with van der Waals surface area (Å²) in [5.74, 6) is -0.434. The molecule has 3 rings (SSSR count). The van der Waals surface area contributed by atoms with E-state index in [1.54, 1.807) is 24.4 Å². The van der Waals surface area contributed by atoms with Gasteiger partial charge in [-0.05, 0) is 48.3 Å². The molecule has 6 heteroatoms. The number of anilines is 1. The summed E-state index contributed by atoms with van der Waals surface area (Å²) >= 11 is 11.9. The zero-order chi connectivity index (χ0) is 19.1. The van der Waals surface area contributed by atoms with E-state index in [9.17, 15) is 10.1 Å². The Kier molecular flexibility index (Phi) is 4.98. The first-order chi connectivity index (χ1) is 12.1. The van der Waals surface area contributed by atoms with Crippen LogP contribution in [-0.4, -0.2) is 23.4 Å². The van der Waals surface area contributed by atoms with Crippen LogP contribution in [0.25, 0.3) is 0 Å². The molecule has 1 aliphatic heterocycles. The number of fused-ring (bicyclic) bond motifs is 2. The van der Waals surface area contributed by atoms with Crippen LogP contribution >= 0.6 is 23.2 Å². The minimum atomic E-state index is -0.434. The molecule has 138 valence electrons. The third-order valence-electron chi connectivity index (χ3n) is 5.29. The summed E-state index contributed by atoms with van der Waals surface area (Å²) in [6, 6.07) is 7.26. The minimum absolute atomic E-state index is 0.102. The number of nitriles is 1. The topological polar surface area (TPSA) is 56.1 Å². The summed E-state index contributed by atoms with van der Waals surface area (Å²) in [5.41, 5.74) is 1.14. The Labute approximate surface area is 164 Å². The van der Waals surface area contributed by atoms with Gasteiger partial charge in [-0.3, -0.25) is 4.79 Å². The van der Waals surface area contributed by atoms with Crippen LogP contribution in [0.15, 0.2) is 30.0 Å². The monoisotopic (exact) mass is 391 g/mol. The summed E-state index contributed by atoms with van der Waals surface area (Å²) in [4.78, 5) is 14.7. The molecular weight excluding hydrogens is 369 g/mol. The Morgan fingerprint density at radius 3 is 2.69 bits per heavy atom. The van der Waals surface area contributed by atoms with Gasteiger partial charge in [0.2, 0.25) is 0 Å². The number of likely N-dealkylation sites (tertiary alicyclic amines) is 1. The van der Waals surface area contributed by atoms with Crippen molar-refractivity contribution in [1.29, 1.82) is 5.26 Å². The van der Waals surface area contributed by atoms with Gasteiger partial charge >= 0.3 is 0 Å². The van der Waals surface area contributed by atoms with Crippen molar-refractivity contribution in [3.8, 4) is 6.07 Å². The second kappa shape index (κ2) is 6.79.